The van der Waals surface area contributed by atoms with E-state index in [0.717, 1.165) is 30.0 Å². The van der Waals surface area contributed by atoms with Crippen LogP contribution in [0.25, 0.3) is 28.3 Å². The van der Waals surface area contributed by atoms with E-state index in [-0.39, 0.29) is 5.43 Å². The topological polar surface area (TPSA) is 61.9 Å². The first-order valence-electron chi connectivity index (χ1n) is 10.3. The van der Waals surface area contributed by atoms with E-state index < -0.39 is 0 Å². The maximum Gasteiger partial charge on any atom is 0.209 e. The molecule has 4 aromatic rings. The fourth-order valence-corrected chi connectivity index (χ4v) is 3.88. The standard InChI is InChI=1S/C25H22N4O2/c1-18-17-20(19-11-15-31-16-12-19)7-8-22(18)28-14-10-24(30)25(27-28)23-9-13-26-29(23)21-5-3-2-4-6-21/h2-11,13-14,17H,12,15-16H2,1H3. The predicted molar refractivity (Wildman–Crippen MR) is 121 cm³/mol. The number of benzene rings is 2. The third kappa shape index (κ3) is 3.73. The molecule has 0 saturated carbocycles. The van der Waals surface area contributed by atoms with Crippen molar-refractivity contribution >= 4 is 5.57 Å². The maximum atomic E-state index is 12.7. The van der Waals surface area contributed by atoms with E-state index in [0.29, 0.717) is 18.0 Å². The second-order valence-corrected chi connectivity index (χ2v) is 7.49. The van der Waals surface area contributed by atoms with Gasteiger partial charge in [0.25, 0.3) is 0 Å². The predicted octanol–water partition coefficient (Wildman–Crippen LogP) is 4.20. The van der Waals surface area contributed by atoms with Crippen LogP contribution in [0.2, 0.25) is 0 Å². The lowest BCUT2D eigenvalue weighted by Gasteiger charge is -2.16. The summed E-state index contributed by atoms with van der Waals surface area (Å²) in [4.78, 5) is 12.7. The van der Waals surface area contributed by atoms with Crippen molar-refractivity contribution in [2.24, 2.45) is 0 Å². The minimum Gasteiger partial charge on any atom is -0.377 e. The molecule has 6 nitrogen and oxygen atoms in total. The lowest BCUT2D eigenvalue weighted by molar-refractivity contribution is 0.161. The summed E-state index contributed by atoms with van der Waals surface area (Å²) in [7, 11) is 0. The molecule has 0 spiro atoms. The van der Waals surface area contributed by atoms with Crippen LogP contribution in [0.4, 0.5) is 0 Å². The summed E-state index contributed by atoms with van der Waals surface area (Å²) >= 11 is 0. The molecular formula is C25H22N4O2. The third-order valence-electron chi connectivity index (χ3n) is 5.47. The molecule has 1 aliphatic rings. The Bertz CT molecular complexity index is 1320. The van der Waals surface area contributed by atoms with Gasteiger partial charge >= 0.3 is 0 Å². The van der Waals surface area contributed by atoms with Gasteiger partial charge in [-0.3, -0.25) is 4.79 Å². The second-order valence-electron chi connectivity index (χ2n) is 7.49. The lowest BCUT2D eigenvalue weighted by atomic mass is 9.99. The molecule has 5 rings (SSSR count). The summed E-state index contributed by atoms with van der Waals surface area (Å²) in [5, 5.41) is 9.08. The van der Waals surface area contributed by atoms with Crippen molar-refractivity contribution < 1.29 is 4.74 Å². The highest BCUT2D eigenvalue weighted by Crippen LogP contribution is 2.25. The average molecular weight is 410 g/mol. The molecule has 2 aromatic carbocycles. The van der Waals surface area contributed by atoms with Crippen LogP contribution in [0.5, 0.6) is 0 Å². The molecule has 0 N–H and O–H groups in total. The fraction of sp³-hybridized carbons (Fsp3) is 0.160. The molecule has 0 fully saturated rings. The number of ether oxygens (including phenoxy) is 1. The van der Waals surface area contributed by atoms with Crippen LogP contribution in [0.3, 0.4) is 0 Å². The summed E-state index contributed by atoms with van der Waals surface area (Å²) in [5.41, 5.74) is 6.28. The highest BCUT2D eigenvalue weighted by atomic mass is 16.5. The molecule has 0 unspecified atom stereocenters. The highest BCUT2D eigenvalue weighted by Gasteiger charge is 2.15. The monoisotopic (exact) mass is 410 g/mol. The van der Waals surface area contributed by atoms with Gasteiger partial charge in [0.1, 0.15) is 0 Å². The van der Waals surface area contributed by atoms with Gasteiger partial charge in [0.05, 0.1) is 36.5 Å². The maximum absolute atomic E-state index is 12.7. The van der Waals surface area contributed by atoms with E-state index in [9.17, 15) is 4.79 Å². The smallest absolute Gasteiger partial charge is 0.209 e. The van der Waals surface area contributed by atoms with Gasteiger partial charge in [-0.25, -0.2) is 9.36 Å². The minimum atomic E-state index is -0.143. The minimum absolute atomic E-state index is 0.143. The molecule has 0 saturated heterocycles. The number of para-hydroxylation sites is 1. The van der Waals surface area contributed by atoms with E-state index in [2.05, 4.69) is 41.4 Å². The molecule has 154 valence electrons. The quantitative estimate of drug-likeness (QED) is 0.506. The first-order valence-corrected chi connectivity index (χ1v) is 10.3. The van der Waals surface area contributed by atoms with Crippen LogP contribution in [-0.4, -0.2) is 32.8 Å². The Labute approximate surface area is 180 Å². The summed E-state index contributed by atoms with van der Waals surface area (Å²) < 4.78 is 8.92. The van der Waals surface area contributed by atoms with Crippen molar-refractivity contribution in [2.75, 3.05) is 13.2 Å². The van der Waals surface area contributed by atoms with E-state index in [1.165, 1.54) is 11.1 Å². The van der Waals surface area contributed by atoms with Gasteiger partial charge in [0.2, 0.25) is 5.43 Å². The van der Waals surface area contributed by atoms with Crippen LogP contribution in [0, 0.1) is 6.92 Å². The number of aryl methyl sites for hydroxylation is 1. The largest absolute Gasteiger partial charge is 0.377 e. The van der Waals surface area contributed by atoms with Gasteiger partial charge in [-0.05, 0) is 60.4 Å². The van der Waals surface area contributed by atoms with Crippen molar-refractivity contribution in [3.63, 3.8) is 0 Å². The Morgan fingerprint density at radius 2 is 1.90 bits per heavy atom. The first kappa shape index (κ1) is 19.2. The highest BCUT2D eigenvalue weighted by molar-refractivity contribution is 5.68. The summed E-state index contributed by atoms with van der Waals surface area (Å²) in [5.74, 6) is 0. The Kier molecular flexibility index (Phi) is 5.06. The van der Waals surface area contributed by atoms with Gasteiger partial charge in [-0.15, -0.1) is 0 Å². The Morgan fingerprint density at radius 3 is 2.68 bits per heavy atom. The number of nitrogens with zero attached hydrogens (tertiary/aromatic N) is 4. The molecule has 0 radical (unpaired) electrons. The molecule has 0 aliphatic carbocycles. The molecule has 1 aliphatic heterocycles. The summed E-state index contributed by atoms with van der Waals surface area (Å²) in [6.45, 7) is 3.48. The second kappa shape index (κ2) is 8.16. The Balaban J connectivity index is 1.56. The van der Waals surface area contributed by atoms with Gasteiger partial charge in [-0.1, -0.05) is 30.3 Å². The third-order valence-corrected chi connectivity index (χ3v) is 5.47. The number of rotatable bonds is 4. The molecule has 0 atom stereocenters. The van der Waals surface area contributed by atoms with E-state index >= 15 is 0 Å². The normalized spacial score (nSPS) is 13.8. The SMILES string of the molecule is Cc1cc(C2=CCOCC2)ccc1-n1ccc(=O)c(-c2ccnn2-c2ccccc2)n1. The van der Waals surface area contributed by atoms with E-state index in [1.807, 2.05) is 36.4 Å². The molecule has 0 bridgehead atoms. The molecule has 31 heavy (non-hydrogen) atoms. The molecule has 0 amide bonds. The zero-order chi connectivity index (χ0) is 21.2. The van der Waals surface area contributed by atoms with Crippen molar-refractivity contribution in [3.8, 4) is 22.8 Å². The number of hydrogen-bond acceptors (Lipinski definition) is 4. The van der Waals surface area contributed by atoms with Crippen molar-refractivity contribution in [1.29, 1.82) is 0 Å². The summed E-state index contributed by atoms with van der Waals surface area (Å²) in [6, 6.07) is 19.4. The van der Waals surface area contributed by atoms with Crippen LogP contribution < -0.4 is 5.43 Å². The van der Waals surface area contributed by atoms with Crippen LogP contribution in [0.15, 0.2) is 83.9 Å². The lowest BCUT2D eigenvalue weighted by Crippen LogP contribution is -2.15. The average Bonchev–Trinajstić information content (AvgIpc) is 3.30. The Morgan fingerprint density at radius 1 is 1.03 bits per heavy atom. The molecule has 2 aromatic heterocycles. The summed E-state index contributed by atoms with van der Waals surface area (Å²) in [6.07, 6.45) is 6.45. The van der Waals surface area contributed by atoms with Gasteiger partial charge in [0, 0.05) is 12.3 Å². The van der Waals surface area contributed by atoms with Gasteiger partial charge in [-0.2, -0.15) is 10.2 Å². The van der Waals surface area contributed by atoms with Crippen molar-refractivity contribution in [2.45, 2.75) is 13.3 Å². The molecule has 3 heterocycles. The Hall–Kier alpha value is -3.77. The number of hydrogen-bond donors (Lipinski definition) is 0. The molecule has 6 heteroatoms. The van der Waals surface area contributed by atoms with Gasteiger partial charge < -0.3 is 4.74 Å². The fourth-order valence-electron chi connectivity index (χ4n) is 3.88. The van der Waals surface area contributed by atoms with Crippen LogP contribution in [0.1, 0.15) is 17.5 Å². The van der Waals surface area contributed by atoms with Crippen molar-refractivity contribution in [1.82, 2.24) is 19.6 Å². The van der Waals surface area contributed by atoms with E-state index in [4.69, 9.17) is 4.74 Å². The van der Waals surface area contributed by atoms with Crippen molar-refractivity contribution in [3.05, 3.63) is 100 Å². The van der Waals surface area contributed by atoms with Crippen LogP contribution >= 0.6 is 0 Å². The van der Waals surface area contributed by atoms with Crippen LogP contribution in [-0.2, 0) is 4.74 Å². The zero-order valence-electron chi connectivity index (χ0n) is 17.2. The number of aromatic nitrogens is 4. The first-order chi connectivity index (χ1) is 15.2. The molecular weight excluding hydrogens is 388 g/mol. The zero-order valence-corrected chi connectivity index (χ0v) is 17.2. The van der Waals surface area contributed by atoms with E-state index in [1.54, 1.807) is 27.8 Å². The van der Waals surface area contributed by atoms with Gasteiger partial charge in [0.15, 0.2) is 5.69 Å².